The highest BCUT2D eigenvalue weighted by Crippen LogP contribution is 2.27. The number of halogens is 1. The van der Waals surface area contributed by atoms with Gasteiger partial charge in [-0.25, -0.2) is 0 Å². The fourth-order valence-corrected chi connectivity index (χ4v) is 3.54. The minimum Gasteiger partial charge on any atom is -0.313 e. The van der Waals surface area contributed by atoms with E-state index in [4.69, 9.17) is 0 Å². The van der Waals surface area contributed by atoms with Crippen LogP contribution in [0.2, 0.25) is 0 Å². The smallest absolute Gasteiger partial charge is 0.0178 e. The zero-order chi connectivity index (χ0) is 13.1. The zero-order valence-corrected chi connectivity index (χ0v) is 13.2. The molecule has 1 aliphatic rings. The van der Waals surface area contributed by atoms with Crippen LogP contribution in [0.15, 0.2) is 46.3 Å². The summed E-state index contributed by atoms with van der Waals surface area (Å²) in [4.78, 5) is 1.47. The largest absolute Gasteiger partial charge is 0.313 e. The quantitative estimate of drug-likeness (QED) is 0.814. The molecule has 1 saturated carbocycles. The number of hydrogen-bond donors (Lipinski definition) is 1. The van der Waals surface area contributed by atoms with Gasteiger partial charge in [-0.2, -0.15) is 0 Å². The summed E-state index contributed by atoms with van der Waals surface area (Å²) in [6.45, 7) is 1.08. The lowest BCUT2D eigenvalue weighted by Crippen LogP contribution is -2.24. The molecule has 0 amide bonds. The molecule has 1 N–H and O–H groups in total. The maximum atomic E-state index is 3.68. The first-order chi connectivity index (χ1) is 9.31. The van der Waals surface area contributed by atoms with Gasteiger partial charge in [-0.05, 0) is 48.4 Å². The van der Waals surface area contributed by atoms with E-state index >= 15 is 0 Å². The van der Waals surface area contributed by atoms with E-state index in [-0.39, 0.29) is 0 Å². The van der Waals surface area contributed by atoms with Crippen molar-refractivity contribution in [1.29, 1.82) is 0 Å². The van der Waals surface area contributed by atoms with Gasteiger partial charge in [0.1, 0.15) is 0 Å². The first kappa shape index (κ1) is 13.3. The van der Waals surface area contributed by atoms with Gasteiger partial charge in [0, 0.05) is 27.9 Å². The predicted molar refractivity (Wildman–Crippen MR) is 85.9 cm³/mol. The van der Waals surface area contributed by atoms with Gasteiger partial charge in [-0.3, -0.25) is 0 Å². The SMILES string of the molecule is Brc1cccc(C(CNC2CC2)Cc2cccs2)c1. The normalized spacial score (nSPS) is 16.5. The Balaban J connectivity index is 1.73. The van der Waals surface area contributed by atoms with Crippen molar-refractivity contribution >= 4 is 27.3 Å². The van der Waals surface area contributed by atoms with Crippen molar-refractivity contribution in [2.75, 3.05) is 6.54 Å². The zero-order valence-electron chi connectivity index (χ0n) is 10.8. The number of thiophene rings is 1. The van der Waals surface area contributed by atoms with Crippen LogP contribution in [0.25, 0.3) is 0 Å². The highest BCUT2D eigenvalue weighted by Gasteiger charge is 2.22. The molecule has 19 heavy (non-hydrogen) atoms. The first-order valence-electron chi connectivity index (χ1n) is 6.82. The third-order valence-corrected chi connectivity index (χ3v) is 4.97. The Bertz CT molecular complexity index is 519. The Morgan fingerprint density at radius 1 is 1.26 bits per heavy atom. The van der Waals surface area contributed by atoms with Gasteiger partial charge in [0.15, 0.2) is 0 Å². The summed E-state index contributed by atoms with van der Waals surface area (Å²) in [5, 5.41) is 5.84. The van der Waals surface area contributed by atoms with E-state index < -0.39 is 0 Å². The second-order valence-corrected chi connectivity index (χ2v) is 7.17. The molecule has 0 bridgehead atoms. The number of nitrogens with one attached hydrogen (secondary N) is 1. The maximum absolute atomic E-state index is 3.68. The molecule has 1 fully saturated rings. The third-order valence-electron chi connectivity index (χ3n) is 3.58. The summed E-state index contributed by atoms with van der Waals surface area (Å²) in [6.07, 6.45) is 3.84. The van der Waals surface area contributed by atoms with Gasteiger partial charge >= 0.3 is 0 Å². The molecule has 3 rings (SSSR count). The molecule has 0 radical (unpaired) electrons. The van der Waals surface area contributed by atoms with E-state index in [1.165, 1.54) is 27.8 Å². The van der Waals surface area contributed by atoms with Crippen molar-refractivity contribution < 1.29 is 0 Å². The molecule has 1 unspecified atom stereocenters. The molecule has 100 valence electrons. The molecule has 1 aliphatic carbocycles. The molecule has 2 aromatic rings. The van der Waals surface area contributed by atoms with Crippen molar-refractivity contribution in [3.63, 3.8) is 0 Å². The van der Waals surface area contributed by atoms with Gasteiger partial charge in [0.25, 0.3) is 0 Å². The van der Waals surface area contributed by atoms with Crippen LogP contribution < -0.4 is 5.32 Å². The Morgan fingerprint density at radius 3 is 2.84 bits per heavy atom. The summed E-state index contributed by atoms with van der Waals surface area (Å²) in [5.74, 6) is 0.566. The van der Waals surface area contributed by atoms with E-state index in [1.54, 1.807) is 0 Å². The van der Waals surface area contributed by atoms with Crippen LogP contribution >= 0.6 is 27.3 Å². The Morgan fingerprint density at radius 2 is 2.16 bits per heavy atom. The second-order valence-electron chi connectivity index (χ2n) is 5.22. The molecule has 1 aromatic heterocycles. The van der Waals surface area contributed by atoms with Gasteiger partial charge in [0.05, 0.1) is 0 Å². The van der Waals surface area contributed by atoms with Crippen LogP contribution in [0.5, 0.6) is 0 Å². The van der Waals surface area contributed by atoms with Crippen molar-refractivity contribution in [2.24, 2.45) is 0 Å². The summed E-state index contributed by atoms with van der Waals surface area (Å²) in [6, 6.07) is 13.9. The lowest BCUT2D eigenvalue weighted by molar-refractivity contribution is 0.580. The van der Waals surface area contributed by atoms with Gasteiger partial charge < -0.3 is 5.32 Å². The minimum absolute atomic E-state index is 0.566. The van der Waals surface area contributed by atoms with Crippen LogP contribution in [0, 0.1) is 0 Å². The summed E-state index contributed by atoms with van der Waals surface area (Å²) < 4.78 is 1.17. The van der Waals surface area contributed by atoms with Crippen LogP contribution in [-0.4, -0.2) is 12.6 Å². The molecule has 0 spiro atoms. The van der Waals surface area contributed by atoms with Gasteiger partial charge in [-0.15, -0.1) is 11.3 Å². The van der Waals surface area contributed by atoms with E-state index in [0.717, 1.165) is 19.0 Å². The average molecular weight is 336 g/mol. The average Bonchev–Trinajstić information content (AvgIpc) is 3.10. The molecule has 1 heterocycles. The summed E-state index contributed by atoms with van der Waals surface area (Å²) >= 11 is 5.44. The number of benzene rings is 1. The van der Waals surface area contributed by atoms with Crippen LogP contribution in [0.3, 0.4) is 0 Å². The number of hydrogen-bond acceptors (Lipinski definition) is 2. The molecular weight excluding hydrogens is 318 g/mol. The van der Waals surface area contributed by atoms with E-state index in [2.05, 4.69) is 63.0 Å². The lowest BCUT2D eigenvalue weighted by atomic mass is 9.95. The standard InChI is InChI=1S/C16H18BrNS/c17-14-4-1-3-12(9-14)13(11-18-15-6-7-15)10-16-5-2-8-19-16/h1-5,8-9,13,15,18H,6-7,10-11H2. The monoisotopic (exact) mass is 335 g/mol. The second kappa shape index (κ2) is 6.21. The summed E-state index contributed by atoms with van der Waals surface area (Å²) in [5.41, 5.74) is 1.43. The Labute approximate surface area is 127 Å². The van der Waals surface area contributed by atoms with Gasteiger partial charge in [0.2, 0.25) is 0 Å². The van der Waals surface area contributed by atoms with Crippen LogP contribution in [0.4, 0.5) is 0 Å². The highest BCUT2D eigenvalue weighted by atomic mass is 79.9. The van der Waals surface area contributed by atoms with Crippen LogP contribution in [-0.2, 0) is 6.42 Å². The molecule has 0 saturated heterocycles. The Hall–Kier alpha value is -0.640. The van der Waals surface area contributed by atoms with Crippen molar-refractivity contribution in [1.82, 2.24) is 5.32 Å². The van der Waals surface area contributed by atoms with E-state index in [0.29, 0.717) is 5.92 Å². The molecule has 3 heteroatoms. The van der Waals surface area contributed by atoms with E-state index in [1.807, 2.05) is 11.3 Å². The Kier molecular flexibility index (Phi) is 4.36. The molecule has 0 aliphatic heterocycles. The van der Waals surface area contributed by atoms with Crippen molar-refractivity contribution in [2.45, 2.75) is 31.2 Å². The molecule has 1 aromatic carbocycles. The molecule has 1 nitrogen and oxygen atoms in total. The van der Waals surface area contributed by atoms with Gasteiger partial charge in [-0.1, -0.05) is 34.1 Å². The van der Waals surface area contributed by atoms with Crippen molar-refractivity contribution in [3.05, 3.63) is 56.7 Å². The number of rotatable bonds is 6. The first-order valence-corrected chi connectivity index (χ1v) is 8.50. The van der Waals surface area contributed by atoms with Crippen LogP contribution in [0.1, 0.15) is 29.2 Å². The van der Waals surface area contributed by atoms with E-state index in [9.17, 15) is 0 Å². The molecule has 1 atom stereocenters. The topological polar surface area (TPSA) is 12.0 Å². The minimum atomic E-state index is 0.566. The third kappa shape index (κ3) is 3.91. The lowest BCUT2D eigenvalue weighted by Gasteiger charge is -2.18. The fourth-order valence-electron chi connectivity index (χ4n) is 2.34. The molecular formula is C16H18BrNS. The summed E-state index contributed by atoms with van der Waals surface area (Å²) in [7, 11) is 0. The maximum Gasteiger partial charge on any atom is 0.0178 e. The fraction of sp³-hybridized carbons (Fsp3) is 0.375. The predicted octanol–water partition coefficient (Wildman–Crippen LogP) is 4.59. The van der Waals surface area contributed by atoms with Crippen molar-refractivity contribution in [3.8, 4) is 0 Å². The highest BCUT2D eigenvalue weighted by molar-refractivity contribution is 9.10.